The highest BCUT2D eigenvalue weighted by atomic mass is 15.2. The number of nitrogens with zero attached hydrogens (tertiary/aromatic N) is 5. The van der Waals surface area contributed by atoms with Gasteiger partial charge in [0.05, 0.1) is 12.1 Å². The Morgan fingerprint density at radius 3 is 2.14 bits per heavy atom. The molecule has 112 valence electrons. The Morgan fingerprint density at radius 2 is 1.71 bits per heavy atom. The maximum Gasteiger partial charge on any atom is 0.139 e. The molecule has 0 aromatic carbocycles. The van der Waals surface area contributed by atoms with Crippen molar-refractivity contribution in [3.63, 3.8) is 0 Å². The molecule has 0 saturated carbocycles. The summed E-state index contributed by atoms with van der Waals surface area (Å²) in [5.74, 6) is 2.10. The van der Waals surface area contributed by atoms with Gasteiger partial charge in [-0.1, -0.05) is 20.8 Å². The SMILES string of the molecule is CCNc1nc(C(C)(C)C)nc(N(CC#N)CC#N)c1C. The van der Waals surface area contributed by atoms with E-state index in [2.05, 4.69) is 27.4 Å². The molecular weight excluding hydrogens is 264 g/mol. The zero-order valence-corrected chi connectivity index (χ0v) is 13.4. The van der Waals surface area contributed by atoms with Crippen LogP contribution in [-0.4, -0.2) is 29.6 Å². The van der Waals surface area contributed by atoms with E-state index in [1.165, 1.54) is 0 Å². The van der Waals surface area contributed by atoms with E-state index in [4.69, 9.17) is 10.5 Å². The summed E-state index contributed by atoms with van der Waals surface area (Å²) in [6, 6.07) is 4.16. The van der Waals surface area contributed by atoms with Gasteiger partial charge in [-0.05, 0) is 13.8 Å². The van der Waals surface area contributed by atoms with Gasteiger partial charge in [-0.25, -0.2) is 9.97 Å². The Bertz CT molecular complexity index is 558. The summed E-state index contributed by atoms with van der Waals surface area (Å²) in [6.07, 6.45) is 0. The predicted octanol–water partition coefficient (Wildman–Crippen LogP) is 2.37. The molecule has 0 unspecified atom stereocenters. The lowest BCUT2D eigenvalue weighted by molar-refractivity contribution is 0.544. The van der Waals surface area contributed by atoms with E-state index in [9.17, 15) is 0 Å². The second-order valence-corrected chi connectivity index (χ2v) is 5.80. The van der Waals surface area contributed by atoms with Gasteiger partial charge in [0.1, 0.15) is 30.5 Å². The third-order valence-electron chi connectivity index (χ3n) is 2.96. The fraction of sp³-hybridized carbons (Fsp3) is 0.600. The summed E-state index contributed by atoms with van der Waals surface area (Å²) in [7, 11) is 0. The lowest BCUT2D eigenvalue weighted by Crippen LogP contribution is -2.28. The molecule has 0 atom stereocenters. The summed E-state index contributed by atoms with van der Waals surface area (Å²) in [4.78, 5) is 10.9. The van der Waals surface area contributed by atoms with Crippen LogP contribution in [-0.2, 0) is 5.41 Å². The van der Waals surface area contributed by atoms with Gasteiger partial charge in [0.25, 0.3) is 0 Å². The van der Waals surface area contributed by atoms with Crippen LogP contribution in [0.2, 0.25) is 0 Å². The minimum atomic E-state index is -0.211. The first-order chi connectivity index (χ1) is 9.85. The minimum Gasteiger partial charge on any atom is -0.370 e. The van der Waals surface area contributed by atoms with E-state index in [-0.39, 0.29) is 18.5 Å². The van der Waals surface area contributed by atoms with E-state index in [1.54, 1.807) is 4.90 Å². The van der Waals surface area contributed by atoms with Gasteiger partial charge in [0.2, 0.25) is 0 Å². The molecular formula is C15H22N6. The Balaban J connectivity index is 3.44. The monoisotopic (exact) mass is 286 g/mol. The number of aromatic nitrogens is 2. The standard InChI is InChI=1S/C15H22N6/c1-6-18-12-11(2)13(21(9-7-16)10-8-17)20-14(19-12)15(3,4)5/h6,9-10H2,1-5H3,(H,18,19,20). The highest BCUT2D eigenvalue weighted by molar-refractivity contribution is 5.59. The molecule has 0 aliphatic heterocycles. The molecule has 1 aromatic heterocycles. The number of hydrogen-bond acceptors (Lipinski definition) is 6. The molecule has 0 aliphatic carbocycles. The maximum atomic E-state index is 8.96. The van der Waals surface area contributed by atoms with E-state index in [0.717, 1.165) is 17.9 Å². The van der Waals surface area contributed by atoms with Gasteiger partial charge < -0.3 is 10.2 Å². The molecule has 0 amide bonds. The van der Waals surface area contributed by atoms with Gasteiger partial charge in [-0.15, -0.1) is 0 Å². The molecule has 0 aliphatic rings. The normalized spacial score (nSPS) is 10.6. The van der Waals surface area contributed by atoms with Crippen molar-refractivity contribution in [1.29, 1.82) is 10.5 Å². The van der Waals surface area contributed by atoms with Crippen LogP contribution in [0.1, 0.15) is 39.1 Å². The number of anilines is 2. The molecule has 1 N–H and O–H groups in total. The Kier molecular flexibility index (Phi) is 5.49. The van der Waals surface area contributed by atoms with Crippen LogP contribution in [0.3, 0.4) is 0 Å². The van der Waals surface area contributed by atoms with E-state index < -0.39 is 0 Å². The molecule has 21 heavy (non-hydrogen) atoms. The quantitative estimate of drug-likeness (QED) is 0.836. The average Bonchev–Trinajstić information content (AvgIpc) is 2.40. The van der Waals surface area contributed by atoms with E-state index >= 15 is 0 Å². The van der Waals surface area contributed by atoms with Gasteiger partial charge in [-0.3, -0.25) is 0 Å². The van der Waals surface area contributed by atoms with Gasteiger partial charge in [-0.2, -0.15) is 10.5 Å². The van der Waals surface area contributed by atoms with Crippen LogP contribution >= 0.6 is 0 Å². The molecule has 1 heterocycles. The first-order valence-corrected chi connectivity index (χ1v) is 6.97. The number of nitriles is 2. The zero-order chi connectivity index (χ0) is 16.0. The van der Waals surface area contributed by atoms with Crippen LogP contribution in [0, 0.1) is 29.6 Å². The van der Waals surface area contributed by atoms with Crippen molar-refractivity contribution in [3.05, 3.63) is 11.4 Å². The third-order valence-corrected chi connectivity index (χ3v) is 2.96. The highest BCUT2D eigenvalue weighted by Gasteiger charge is 2.23. The molecule has 0 radical (unpaired) electrons. The van der Waals surface area contributed by atoms with E-state index in [1.807, 2.05) is 34.6 Å². The second kappa shape index (κ2) is 6.90. The molecule has 0 fully saturated rings. The zero-order valence-electron chi connectivity index (χ0n) is 13.4. The fourth-order valence-electron chi connectivity index (χ4n) is 1.86. The van der Waals surface area contributed by atoms with Crippen molar-refractivity contribution >= 4 is 11.6 Å². The molecule has 0 saturated heterocycles. The van der Waals surface area contributed by atoms with Crippen molar-refractivity contribution in [2.75, 3.05) is 29.9 Å². The lowest BCUT2D eigenvalue weighted by atomic mass is 9.95. The van der Waals surface area contributed by atoms with Crippen molar-refractivity contribution < 1.29 is 0 Å². The molecule has 6 nitrogen and oxygen atoms in total. The molecule has 6 heteroatoms. The van der Waals surface area contributed by atoms with Gasteiger partial charge in [0, 0.05) is 17.5 Å². The lowest BCUT2D eigenvalue weighted by Gasteiger charge is -2.25. The summed E-state index contributed by atoms with van der Waals surface area (Å²) < 4.78 is 0. The Labute approximate surface area is 126 Å². The van der Waals surface area contributed by atoms with Crippen LogP contribution in [0.5, 0.6) is 0 Å². The van der Waals surface area contributed by atoms with Crippen molar-refractivity contribution in [2.45, 2.75) is 40.0 Å². The Hall–Kier alpha value is -2.34. The topological polar surface area (TPSA) is 88.6 Å². The maximum absolute atomic E-state index is 8.96. The Morgan fingerprint density at radius 1 is 1.14 bits per heavy atom. The highest BCUT2D eigenvalue weighted by Crippen LogP contribution is 2.28. The number of nitrogens with one attached hydrogen (secondary N) is 1. The molecule has 0 spiro atoms. The molecule has 0 bridgehead atoms. The molecule has 1 rings (SSSR count). The summed E-state index contributed by atoms with van der Waals surface area (Å²) in [5, 5.41) is 21.1. The first-order valence-electron chi connectivity index (χ1n) is 6.97. The van der Waals surface area contributed by atoms with Crippen molar-refractivity contribution in [2.24, 2.45) is 0 Å². The van der Waals surface area contributed by atoms with Crippen LogP contribution in [0.25, 0.3) is 0 Å². The van der Waals surface area contributed by atoms with Crippen molar-refractivity contribution in [3.8, 4) is 12.1 Å². The smallest absolute Gasteiger partial charge is 0.139 e. The third kappa shape index (κ3) is 4.06. The average molecular weight is 286 g/mol. The van der Waals surface area contributed by atoms with Gasteiger partial charge >= 0.3 is 0 Å². The van der Waals surface area contributed by atoms with Crippen LogP contribution in [0.4, 0.5) is 11.6 Å². The molecule has 1 aromatic rings. The predicted molar refractivity (Wildman–Crippen MR) is 83.1 cm³/mol. The first kappa shape index (κ1) is 16.7. The van der Waals surface area contributed by atoms with Crippen LogP contribution in [0.15, 0.2) is 0 Å². The second-order valence-electron chi connectivity index (χ2n) is 5.80. The van der Waals surface area contributed by atoms with E-state index in [0.29, 0.717) is 11.6 Å². The summed E-state index contributed by atoms with van der Waals surface area (Å²) in [6.45, 7) is 11.0. The van der Waals surface area contributed by atoms with Gasteiger partial charge in [0.15, 0.2) is 0 Å². The van der Waals surface area contributed by atoms with Crippen LogP contribution < -0.4 is 10.2 Å². The minimum absolute atomic E-state index is 0.126. The fourth-order valence-corrected chi connectivity index (χ4v) is 1.86. The number of rotatable bonds is 5. The number of hydrogen-bond donors (Lipinski definition) is 1. The van der Waals surface area contributed by atoms with Crippen molar-refractivity contribution in [1.82, 2.24) is 9.97 Å². The summed E-state index contributed by atoms with van der Waals surface area (Å²) >= 11 is 0. The largest absolute Gasteiger partial charge is 0.370 e. The summed E-state index contributed by atoms with van der Waals surface area (Å²) in [5.41, 5.74) is 0.646.